The second-order valence-corrected chi connectivity index (χ2v) is 9.33. The topological polar surface area (TPSA) is 176 Å². The molecule has 0 aliphatic carbocycles. The van der Waals surface area contributed by atoms with Gasteiger partial charge in [0.25, 0.3) is 5.56 Å². The molecule has 2 unspecified atom stereocenters. The predicted molar refractivity (Wildman–Crippen MR) is 140 cm³/mol. The zero-order valence-corrected chi connectivity index (χ0v) is 21.3. The maximum Gasteiger partial charge on any atom is 0.416 e. The van der Waals surface area contributed by atoms with Gasteiger partial charge < -0.3 is 25.9 Å². The highest BCUT2D eigenvalue weighted by atomic mass is 19.4. The molecule has 15 heteroatoms. The van der Waals surface area contributed by atoms with Crippen LogP contribution >= 0.6 is 0 Å². The number of alkyl halides is 3. The molecule has 2 aromatic carbocycles. The monoisotopic (exact) mass is 569 g/mol. The summed E-state index contributed by atoms with van der Waals surface area (Å²) in [5.74, 6) is -0.885. The van der Waals surface area contributed by atoms with Crippen LogP contribution in [0.25, 0.3) is 22.3 Å². The molecule has 4 aromatic rings. The number of carbonyl (C=O) groups excluding carboxylic acids is 1. The van der Waals surface area contributed by atoms with Crippen LogP contribution < -0.4 is 21.3 Å². The zero-order valence-electron chi connectivity index (χ0n) is 21.3. The molecule has 0 bridgehead atoms. The van der Waals surface area contributed by atoms with Crippen LogP contribution in [0.5, 0.6) is 11.6 Å². The number of H-pyrrole nitrogens is 1. The highest BCUT2D eigenvalue weighted by Gasteiger charge is 2.39. The average Bonchev–Trinajstić information content (AvgIpc) is 3.31. The number of carbonyl (C=O) groups is 2. The fraction of sp³-hybridized carbons (Fsp3) is 0.231. The Kier molecular flexibility index (Phi) is 6.94. The number of nitrogens with two attached hydrogens (primary N) is 1. The fourth-order valence-corrected chi connectivity index (χ4v) is 4.66. The van der Waals surface area contributed by atoms with Gasteiger partial charge in [-0.05, 0) is 44.0 Å². The molecule has 5 N–H and O–H groups in total. The molecule has 5 rings (SSSR count). The lowest BCUT2D eigenvalue weighted by molar-refractivity contribution is -0.137. The van der Waals surface area contributed by atoms with Crippen molar-refractivity contribution >= 4 is 34.5 Å². The first-order valence-corrected chi connectivity index (χ1v) is 12.2. The number of nitrogen functional groups attached to an aromatic ring is 1. The largest absolute Gasteiger partial charge is 0.465 e. The number of fused-ring (bicyclic) bond motifs is 1. The van der Waals surface area contributed by atoms with Crippen molar-refractivity contribution in [2.45, 2.75) is 38.0 Å². The Morgan fingerprint density at radius 2 is 1.95 bits per heavy atom. The number of hydrogen-bond donors (Lipinski definition) is 4. The molecule has 2 amide bonds. The third-order valence-corrected chi connectivity index (χ3v) is 6.64. The maximum absolute atomic E-state index is 13.6. The Morgan fingerprint density at radius 1 is 1.17 bits per heavy atom. The number of aromatic amines is 1. The van der Waals surface area contributed by atoms with E-state index in [-0.39, 0.29) is 46.3 Å². The van der Waals surface area contributed by atoms with Crippen molar-refractivity contribution in [3.63, 3.8) is 0 Å². The summed E-state index contributed by atoms with van der Waals surface area (Å²) in [4.78, 5) is 52.4. The van der Waals surface area contributed by atoms with Crippen LogP contribution in [-0.2, 0) is 11.0 Å². The summed E-state index contributed by atoms with van der Waals surface area (Å²) in [6.07, 6.45) is -4.25. The minimum Gasteiger partial charge on any atom is -0.465 e. The second kappa shape index (κ2) is 10.4. The Morgan fingerprint density at radius 3 is 2.68 bits per heavy atom. The van der Waals surface area contributed by atoms with Crippen molar-refractivity contribution < 1.29 is 32.6 Å². The molecule has 0 radical (unpaired) electrons. The summed E-state index contributed by atoms with van der Waals surface area (Å²) in [5.41, 5.74) is 4.61. The van der Waals surface area contributed by atoms with E-state index >= 15 is 0 Å². The first-order chi connectivity index (χ1) is 19.4. The molecule has 2 aromatic heterocycles. The predicted octanol–water partition coefficient (Wildman–Crippen LogP) is 4.24. The molecule has 1 saturated heterocycles. The second-order valence-electron chi connectivity index (χ2n) is 9.33. The molecule has 212 valence electrons. The van der Waals surface area contributed by atoms with Crippen molar-refractivity contribution in [2.75, 3.05) is 11.1 Å². The molecule has 1 aliphatic rings. The van der Waals surface area contributed by atoms with E-state index in [2.05, 4.69) is 25.3 Å². The SMILES string of the molecule is CC1CCC(C(=O)Nc2cc(C(F)(F)F)ccc2-c2cc(Oc3cccc4[nH]c(=O)c(N)nc34)ncn2)N1C(=O)O. The van der Waals surface area contributed by atoms with Crippen molar-refractivity contribution in [3.8, 4) is 22.9 Å². The van der Waals surface area contributed by atoms with Gasteiger partial charge in [-0.3, -0.25) is 14.5 Å². The number of nitrogens with zero attached hydrogens (tertiary/aromatic N) is 4. The van der Waals surface area contributed by atoms with Gasteiger partial charge in [0.2, 0.25) is 11.8 Å². The molecule has 12 nitrogen and oxygen atoms in total. The number of carboxylic acid groups (broad SMARTS) is 1. The minimum absolute atomic E-state index is 0.0204. The van der Waals surface area contributed by atoms with Crippen molar-refractivity contribution in [2.24, 2.45) is 0 Å². The molecule has 41 heavy (non-hydrogen) atoms. The van der Waals surface area contributed by atoms with Gasteiger partial charge in [0, 0.05) is 17.7 Å². The number of anilines is 2. The van der Waals surface area contributed by atoms with Crippen molar-refractivity contribution in [3.05, 3.63) is 64.7 Å². The number of likely N-dealkylation sites (tertiary alicyclic amines) is 1. The van der Waals surface area contributed by atoms with Crippen LogP contribution in [0.15, 0.2) is 53.6 Å². The lowest BCUT2D eigenvalue weighted by atomic mass is 10.0. The number of benzene rings is 2. The first-order valence-electron chi connectivity index (χ1n) is 12.2. The lowest BCUT2D eigenvalue weighted by Crippen LogP contribution is -2.45. The van der Waals surface area contributed by atoms with Crippen molar-refractivity contribution in [1.29, 1.82) is 0 Å². The van der Waals surface area contributed by atoms with Crippen molar-refractivity contribution in [1.82, 2.24) is 24.8 Å². The number of nitrogens with one attached hydrogen (secondary N) is 2. The minimum atomic E-state index is -4.71. The smallest absolute Gasteiger partial charge is 0.416 e. The third-order valence-electron chi connectivity index (χ3n) is 6.64. The molecule has 0 spiro atoms. The molecule has 0 saturated carbocycles. The van der Waals surface area contributed by atoms with Gasteiger partial charge >= 0.3 is 12.3 Å². The molecular weight excluding hydrogens is 547 g/mol. The number of rotatable bonds is 5. The summed E-state index contributed by atoms with van der Waals surface area (Å²) in [5, 5.41) is 12.0. The van der Waals surface area contributed by atoms with Gasteiger partial charge in [0.05, 0.1) is 22.5 Å². The molecule has 1 fully saturated rings. The standard InChI is InChI=1S/C26H22F3N7O5/c1-12-5-8-18(36(12)25(39)40)23(37)34-17-9-13(26(27,28)29)6-7-14(17)16-10-20(32-11-31-16)41-19-4-2-3-15-21(19)35-22(30)24(38)33-15/h2-4,6-7,9-12,18H,5,8H2,1H3,(H2,30,35)(H,33,38)(H,34,37)(H,39,40). The zero-order chi connectivity index (χ0) is 29.5. The Bertz CT molecular complexity index is 1730. The van der Waals surface area contributed by atoms with E-state index in [4.69, 9.17) is 10.5 Å². The van der Waals surface area contributed by atoms with Crippen LogP contribution in [0.2, 0.25) is 0 Å². The van der Waals surface area contributed by atoms with Gasteiger partial charge in [0.1, 0.15) is 17.9 Å². The number of ether oxygens (including phenoxy) is 1. The number of halogens is 3. The van der Waals surface area contributed by atoms with Gasteiger partial charge in [-0.15, -0.1) is 0 Å². The highest BCUT2D eigenvalue weighted by Crippen LogP contribution is 2.37. The highest BCUT2D eigenvalue weighted by molar-refractivity contribution is 6.00. The van der Waals surface area contributed by atoms with Gasteiger partial charge in [-0.25, -0.2) is 19.7 Å². The van der Waals surface area contributed by atoms with E-state index in [1.165, 1.54) is 6.07 Å². The van der Waals surface area contributed by atoms with Crippen LogP contribution in [0.1, 0.15) is 25.3 Å². The first kappa shape index (κ1) is 27.4. The molecule has 3 heterocycles. The van der Waals surface area contributed by atoms with Crippen LogP contribution in [0.4, 0.5) is 29.5 Å². The van der Waals surface area contributed by atoms with E-state index in [0.29, 0.717) is 11.9 Å². The fourth-order valence-electron chi connectivity index (χ4n) is 4.66. The van der Waals surface area contributed by atoms with Crippen LogP contribution in [0, 0.1) is 0 Å². The van der Waals surface area contributed by atoms with E-state index in [0.717, 1.165) is 29.4 Å². The normalized spacial score (nSPS) is 17.0. The average molecular weight is 570 g/mol. The number of amides is 2. The summed E-state index contributed by atoms with van der Waals surface area (Å²) in [6, 6.07) is 7.31. The van der Waals surface area contributed by atoms with E-state index in [1.54, 1.807) is 25.1 Å². The summed E-state index contributed by atoms with van der Waals surface area (Å²) < 4.78 is 46.5. The Hall–Kier alpha value is -5.21. The Labute approximate surface area is 229 Å². The van der Waals surface area contributed by atoms with Gasteiger partial charge in [-0.1, -0.05) is 12.1 Å². The quantitative estimate of drug-likeness (QED) is 0.274. The number of aromatic nitrogens is 4. The lowest BCUT2D eigenvalue weighted by Gasteiger charge is -2.25. The van der Waals surface area contributed by atoms with E-state index in [1.807, 2.05) is 0 Å². The summed E-state index contributed by atoms with van der Waals surface area (Å²) in [6.45, 7) is 1.65. The maximum atomic E-state index is 13.6. The number of hydrogen-bond acceptors (Lipinski definition) is 8. The third kappa shape index (κ3) is 5.46. The van der Waals surface area contributed by atoms with Gasteiger partial charge in [-0.2, -0.15) is 13.2 Å². The molecule has 1 aliphatic heterocycles. The van der Waals surface area contributed by atoms with E-state index < -0.39 is 41.4 Å². The molecular formula is C26H22F3N7O5. The number of para-hydroxylation sites is 1. The summed E-state index contributed by atoms with van der Waals surface area (Å²) in [7, 11) is 0. The van der Waals surface area contributed by atoms with Crippen LogP contribution in [-0.4, -0.2) is 54.0 Å². The Balaban J connectivity index is 1.51. The van der Waals surface area contributed by atoms with Gasteiger partial charge in [0.15, 0.2) is 11.6 Å². The van der Waals surface area contributed by atoms with E-state index in [9.17, 15) is 32.7 Å². The molecule has 2 atom stereocenters. The van der Waals surface area contributed by atoms with Crippen LogP contribution in [0.3, 0.4) is 0 Å². The summed E-state index contributed by atoms with van der Waals surface area (Å²) >= 11 is 0.